The Bertz CT molecular complexity index is 402. The summed E-state index contributed by atoms with van der Waals surface area (Å²) in [6, 6.07) is 0.590. The first kappa shape index (κ1) is 18.7. The Morgan fingerprint density at radius 3 is 2.43 bits per heavy atom. The van der Waals surface area contributed by atoms with Crippen molar-refractivity contribution in [2.45, 2.75) is 38.1 Å². The normalized spacial score (nSPS) is 31.2. The Morgan fingerprint density at radius 1 is 1.19 bits per heavy atom. The number of rotatable bonds is 1. The first-order valence-corrected chi connectivity index (χ1v) is 7.38. The van der Waals surface area contributed by atoms with Gasteiger partial charge in [-0.25, -0.2) is 0 Å². The lowest BCUT2D eigenvalue weighted by Gasteiger charge is -2.43. The molecule has 0 aliphatic carbocycles. The van der Waals surface area contributed by atoms with Gasteiger partial charge in [-0.1, -0.05) is 0 Å². The molecule has 122 valence electrons. The molecule has 21 heavy (non-hydrogen) atoms. The molecule has 0 aromatic rings. The number of hydrogen-bond acceptors (Lipinski definition) is 4. The monoisotopic (exact) mass is 337 g/mol. The molecule has 1 atom stereocenters. The van der Waals surface area contributed by atoms with Gasteiger partial charge in [0.05, 0.1) is 5.41 Å². The second-order valence-corrected chi connectivity index (χ2v) is 6.27. The van der Waals surface area contributed by atoms with Gasteiger partial charge in [-0.05, 0) is 45.3 Å². The first-order valence-electron chi connectivity index (χ1n) is 7.38. The quantitative estimate of drug-likeness (QED) is 0.727. The molecule has 2 amide bonds. The molecular formula is C14H25Cl2N3O2. The third kappa shape index (κ3) is 3.36. The van der Waals surface area contributed by atoms with Crippen LogP contribution in [0.5, 0.6) is 0 Å². The zero-order chi connectivity index (χ0) is 13.5. The summed E-state index contributed by atoms with van der Waals surface area (Å²) in [5.74, 6) is 0.0493. The summed E-state index contributed by atoms with van der Waals surface area (Å²) in [4.78, 5) is 28.0. The molecule has 1 spiro atoms. The fourth-order valence-corrected chi connectivity index (χ4v) is 3.92. The van der Waals surface area contributed by atoms with E-state index in [1.807, 2.05) is 0 Å². The molecule has 3 heterocycles. The van der Waals surface area contributed by atoms with E-state index >= 15 is 0 Å². The molecule has 1 N–H and O–H groups in total. The average Bonchev–Trinajstić information content (AvgIpc) is 2.65. The van der Waals surface area contributed by atoms with Gasteiger partial charge in [0.15, 0.2) is 0 Å². The van der Waals surface area contributed by atoms with Crippen LogP contribution < -0.4 is 5.32 Å². The molecule has 3 rings (SSSR count). The molecule has 3 aliphatic rings. The highest BCUT2D eigenvalue weighted by molar-refractivity contribution is 6.05. The summed E-state index contributed by atoms with van der Waals surface area (Å²) in [6.45, 7) is 4.01. The molecule has 0 bridgehead atoms. The third-order valence-electron chi connectivity index (χ3n) is 5.05. The topological polar surface area (TPSA) is 52.7 Å². The van der Waals surface area contributed by atoms with Crippen LogP contribution in [0, 0.1) is 5.41 Å². The standard InChI is InChI=1S/C14H23N3O2.2ClH/c1-16-12(18)9-14(13(16)19)5-2-8-17(10-14)11-3-6-15-7-4-11;;/h11,15H,2-10H2,1H3;2*1H. The molecule has 3 saturated heterocycles. The van der Waals surface area contributed by atoms with Crippen molar-refractivity contribution in [2.75, 3.05) is 33.2 Å². The molecule has 0 saturated carbocycles. The number of piperidine rings is 2. The summed E-state index contributed by atoms with van der Waals surface area (Å²) in [5.41, 5.74) is -0.408. The van der Waals surface area contributed by atoms with Gasteiger partial charge in [-0.3, -0.25) is 19.4 Å². The Hall–Kier alpha value is -0.360. The Kier molecular flexibility index (Phi) is 6.47. The largest absolute Gasteiger partial charge is 0.317 e. The number of amides is 2. The minimum absolute atomic E-state index is 0. The van der Waals surface area contributed by atoms with Gasteiger partial charge in [-0.2, -0.15) is 0 Å². The predicted molar refractivity (Wildman–Crippen MR) is 86.0 cm³/mol. The van der Waals surface area contributed by atoms with E-state index in [1.165, 1.54) is 4.90 Å². The van der Waals surface area contributed by atoms with Crippen molar-refractivity contribution < 1.29 is 9.59 Å². The Labute approximate surface area is 138 Å². The maximum Gasteiger partial charge on any atom is 0.236 e. The van der Waals surface area contributed by atoms with Crippen LogP contribution in [0.15, 0.2) is 0 Å². The number of carbonyl (C=O) groups is 2. The molecule has 3 aliphatic heterocycles. The predicted octanol–water partition coefficient (Wildman–Crippen LogP) is 1.05. The summed E-state index contributed by atoms with van der Waals surface area (Å²) in [7, 11) is 1.63. The summed E-state index contributed by atoms with van der Waals surface area (Å²) in [5, 5.41) is 3.38. The zero-order valence-corrected chi connectivity index (χ0v) is 14.1. The second kappa shape index (κ2) is 7.27. The van der Waals surface area contributed by atoms with Crippen molar-refractivity contribution in [3.05, 3.63) is 0 Å². The van der Waals surface area contributed by atoms with Gasteiger partial charge in [0.1, 0.15) is 0 Å². The van der Waals surface area contributed by atoms with E-state index in [-0.39, 0.29) is 36.6 Å². The molecule has 0 radical (unpaired) electrons. The summed E-state index contributed by atoms with van der Waals surface area (Å²) in [6.07, 6.45) is 4.66. The van der Waals surface area contributed by atoms with E-state index in [0.29, 0.717) is 12.5 Å². The lowest BCUT2D eigenvalue weighted by molar-refractivity contribution is -0.141. The van der Waals surface area contributed by atoms with E-state index < -0.39 is 5.41 Å². The van der Waals surface area contributed by atoms with E-state index in [9.17, 15) is 9.59 Å². The highest BCUT2D eigenvalue weighted by atomic mass is 35.5. The second-order valence-electron chi connectivity index (χ2n) is 6.27. The third-order valence-corrected chi connectivity index (χ3v) is 5.05. The average molecular weight is 338 g/mol. The summed E-state index contributed by atoms with van der Waals surface area (Å²) >= 11 is 0. The van der Waals surface area contributed by atoms with E-state index in [1.54, 1.807) is 7.05 Å². The molecule has 7 heteroatoms. The van der Waals surface area contributed by atoms with Gasteiger partial charge in [-0.15, -0.1) is 24.8 Å². The lowest BCUT2D eigenvalue weighted by Crippen LogP contribution is -2.53. The fourth-order valence-electron chi connectivity index (χ4n) is 3.92. The number of hydrogen-bond donors (Lipinski definition) is 1. The molecular weight excluding hydrogens is 313 g/mol. The highest BCUT2D eigenvalue weighted by Crippen LogP contribution is 2.41. The van der Waals surface area contributed by atoms with Crippen molar-refractivity contribution in [1.29, 1.82) is 0 Å². The van der Waals surface area contributed by atoms with Gasteiger partial charge in [0.2, 0.25) is 11.8 Å². The zero-order valence-electron chi connectivity index (χ0n) is 12.5. The van der Waals surface area contributed by atoms with Gasteiger partial charge < -0.3 is 5.32 Å². The van der Waals surface area contributed by atoms with Crippen LogP contribution >= 0.6 is 24.8 Å². The lowest BCUT2D eigenvalue weighted by atomic mass is 9.77. The number of halogens is 2. The van der Waals surface area contributed by atoms with Gasteiger partial charge >= 0.3 is 0 Å². The minimum atomic E-state index is -0.408. The minimum Gasteiger partial charge on any atom is -0.317 e. The van der Waals surface area contributed by atoms with Gasteiger partial charge in [0.25, 0.3) is 0 Å². The highest BCUT2D eigenvalue weighted by Gasteiger charge is 2.52. The SMILES string of the molecule is CN1C(=O)CC2(CCCN(C3CCNCC3)C2)C1=O.Cl.Cl. The fraction of sp³-hybridized carbons (Fsp3) is 0.857. The van der Waals surface area contributed by atoms with Crippen molar-refractivity contribution in [3.8, 4) is 0 Å². The van der Waals surface area contributed by atoms with Crippen LogP contribution in [0.2, 0.25) is 0 Å². The molecule has 5 nitrogen and oxygen atoms in total. The maximum atomic E-state index is 12.4. The van der Waals surface area contributed by atoms with Crippen LogP contribution in [0.1, 0.15) is 32.1 Å². The van der Waals surface area contributed by atoms with Crippen molar-refractivity contribution in [1.82, 2.24) is 15.1 Å². The number of likely N-dealkylation sites (tertiary alicyclic amines) is 2. The van der Waals surface area contributed by atoms with Gasteiger partial charge in [0, 0.05) is 26.1 Å². The van der Waals surface area contributed by atoms with E-state index in [4.69, 9.17) is 0 Å². The Balaban J connectivity index is 0.00000110. The number of nitrogens with one attached hydrogen (secondary N) is 1. The number of carbonyl (C=O) groups excluding carboxylic acids is 2. The van der Waals surface area contributed by atoms with Crippen molar-refractivity contribution in [3.63, 3.8) is 0 Å². The molecule has 0 aromatic heterocycles. The Morgan fingerprint density at radius 2 is 1.86 bits per heavy atom. The van der Waals surface area contributed by atoms with Crippen LogP contribution in [0.4, 0.5) is 0 Å². The molecule has 1 unspecified atom stereocenters. The smallest absolute Gasteiger partial charge is 0.236 e. The molecule has 3 fully saturated rings. The number of imide groups is 1. The summed E-state index contributed by atoms with van der Waals surface area (Å²) < 4.78 is 0. The van der Waals surface area contributed by atoms with Crippen molar-refractivity contribution >= 4 is 36.6 Å². The number of nitrogens with zero attached hydrogens (tertiary/aromatic N) is 2. The molecule has 0 aromatic carbocycles. The van der Waals surface area contributed by atoms with Crippen LogP contribution in [-0.2, 0) is 9.59 Å². The van der Waals surface area contributed by atoms with E-state index in [0.717, 1.165) is 51.9 Å². The van der Waals surface area contributed by atoms with Crippen molar-refractivity contribution in [2.24, 2.45) is 5.41 Å². The van der Waals surface area contributed by atoms with Crippen LogP contribution in [-0.4, -0.2) is 60.9 Å². The maximum absolute atomic E-state index is 12.4. The van der Waals surface area contributed by atoms with Crippen LogP contribution in [0.25, 0.3) is 0 Å². The first-order chi connectivity index (χ1) is 9.12. The van der Waals surface area contributed by atoms with Crippen LogP contribution in [0.3, 0.4) is 0 Å². The van der Waals surface area contributed by atoms with E-state index in [2.05, 4.69) is 10.2 Å².